The van der Waals surface area contributed by atoms with Gasteiger partial charge in [0.2, 0.25) is 11.8 Å². The zero-order valence-electron chi connectivity index (χ0n) is 19.4. The minimum absolute atomic E-state index is 0. The van der Waals surface area contributed by atoms with Crippen molar-refractivity contribution in [2.75, 3.05) is 65.9 Å². The van der Waals surface area contributed by atoms with Gasteiger partial charge < -0.3 is 29.6 Å². The van der Waals surface area contributed by atoms with Gasteiger partial charge in [-0.25, -0.2) is 4.39 Å². The van der Waals surface area contributed by atoms with Crippen molar-refractivity contribution < 1.29 is 35.8 Å². The molecular weight excluding hydrogens is 407 g/mol. The van der Waals surface area contributed by atoms with Crippen molar-refractivity contribution in [1.82, 2.24) is 10.6 Å². The molecule has 1 atom stereocenters. The van der Waals surface area contributed by atoms with Crippen LogP contribution in [0.3, 0.4) is 0 Å². The van der Waals surface area contributed by atoms with E-state index in [1.165, 1.54) is 0 Å². The summed E-state index contributed by atoms with van der Waals surface area (Å²) in [6, 6.07) is 0. The Kier molecular flexibility index (Phi) is 22.4. The van der Waals surface area contributed by atoms with Crippen LogP contribution in [-0.4, -0.2) is 83.9 Å². The lowest BCUT2D eigenvalue weighted by atomic mass is 10.2. The second-order valence-corrected chi connectivity index (χ2v) is 7.16. The van der Waals surface area contributed by atoms with Crippen molar-refractivity contribution in [2.24, 2.45) is 0 Å². The number of ether oxygens (including phenoxy) is 4. The molecule has 9 heteroatoms. The molecule has 0 spiro atoms. The Balaban J connectivity index is -0.00000450. The van der Waals surface area contributed by atoms with Crippen LogP contribution >= 0.6 is 0 Å². The lowest BCUT2D eigenvalue weighted by Gasteiger charge is -2.10. The van der Waals surface area contributed by atoms with E-state index >= 15 is 0 Å². The van der Waals surface area contributed by atoms with Crippen LogP contribution in [0.5, 0.6) is 0 Å². The Morgan fingerprint density at radius 3 is 2.00 bits per heavy atom. The van der Waals surface area contributed by atoms with Crippen molar-refractivity contribution in [2.45, 2.75) is 65.0 Å². The number of hydrogen-bond acceptors (Lipinski definition) is 6. The summed E-state index contributed by atoms with van der Waals surface area (Å²) in [5.74, 6) is -0.214. The maximum Gasteiger partial charge on any atom is 0.245 e. The Morgan fingerprint density at radius 2 is 1.39 bits per heavy atom. The van der Waals surface area contributed by atoms with Crippen molar-refractivity contribution >= 4 is 11.8 Å². The van der Waals surface area contributed by atoms with E-state index in [1.807, 2.05) is 6.92 Å². The molecule has 0 saturated carbocycles. The summed E-state index contributed by atoms with van der Waals surface area (Å²) in [5.41, 5.74) is 0. The van der Waals surface area contributed by atoms with E-state index in [9.17, 15) is 14.0 Å². The van der Waals surface area contributed by atoms with E-state index in [2.05, 4.69) is 10.6 Å². The van der Waals surface area contributed by atoms with Gasteiger partial charge in [-0.15, -0.1) is 0 Å². The van der Waals surface area contributed by atoms with Gasteiger partial charge in [0.1, 0.15) is 12.8 Å². The molecule has 0 aliphatic heterocycles. The molecule has 0 bridgehead atoms. The summed E-state index contributed by atoms with van der Waals surface area (Å²) in [4.78, 5) is 22.3. The predicted molar refractivity (Wildman–Crippen MR) is 122 cm³/mol. The fraction of sp³-hybridized carbons (Fsp3) is 0.909. The summed E-state index contributed by atoms with van der Waals surface area (Å²) >= 11 is 0. The normalized spacial score (nSPS) is 12.0. The molecule has 31 heavy (non-hydrogen) atoms. The number of unbranched alkanes of at least 4 members (excludes halogenated alkanes) is 4. The standard InChI is InChI=1S/C22H43FN2O6.2H2/c1-3-21(26)25-17-20(23)18-31-14-10-6-9-13-30-16-15-29-12-8-5-7-11-24-22(27)19-28-4-2;;/h20H,3-19H2,1-2H3,(H,24,27)(H,25,26);2*1H. The van der Waals surface area contributed by atoms with Gasteiger partial charge in [-0.3, -0.25) is 9.59 Å². The molecule has 2 amide bonds. The molecule has 8 nitrogen and oxygen atoms in total. The number of carbonyl (C=O) groups excluding carboxylic acids is 2. The number of halogens is 1. The van der Waals surface area contributed by atoms with Crippen molar-refractivity contribution in [3.8, 4) is 0 Å². The Labute approximate surface area is 189 Å². The summed E-state index contributed by atoms with van der Waals surface area (Å²) in [6.07, 6.45) is 4.86. The predicted octanol–water partition coefficient (Wildman–Crippen LogP) is 2.89. The SMILES string of the molecule is CCOCC(=O)NCCCCCOCCOCCCCCOCC(F)CNC(=O)CC.[HH].[HH]. The Bertz CT molecular complexity index is 440. The van der Waals surface area contributed by atoms with Crippen LogP contribution in [0.15, 0.2) is 0 Å². The van der Waals surface area contributed by atoms with Gasteiger partial charge in [0.05, 0.1) is 26.4 Å². The molecule has 0 aliphatic rings. The fourth-order valence-corrected chi connectivity index (χ4v) is 2.51. The van der Waals surface area contributed by atoms with Gasteiger partial charge >= 0.3 is 0 Å². The zero-order valence-corrected chi connectivity index (χ0v) is 19.4. The summed E-state index contributed by atoms with van der Waals surface area (Å²) < 4.78 is 34.8. The second-order valence-electron chi connectivity index (χ2n) is 7.16. The van der Waals surface area contributed by atoms with Gasteiger partial charge in [0.15, 0.2) is 0 Å². The average molecular weight is 455 g/mol. The minimum Gasteiger partial charge on any atom is -0.379 e. The lowest BCUT2D eigenvalue weighted by molar-refractivity contribution is -0.125. The van der Waals surface area contributed by atoms with E-state index in [0.29, 0.717) is 52.6 Å². The third-order valence-corrected chi connectivity index (χ3v) is 4.31. The number of carbonyl (C=O) groups is 2. The molecule has 0 aliphatic carbocycles. The van der Waals surface area contributed by atoms with Gasteiger partial charge in [-0.1, -0.05) is 6.92 Å². The van der Waals surface area contributed by atoms with E-state index in [1.54, 1.807) is 6.92 Å². The summed E-state index contributed by atoms with van der Waals surface area (Å²) in [7, 11) is 0. The molecule has 0 radical (unpaired) electrons. The quantitative estimate of drug-likeness (QED) is 0.231. The second kappa shape index (κ2) is 23.4. The van der Waals surface area contributed by atoms with Crippen molar-refractivity contribution in [1.29, 1.82) is 0 Å². The highest BCUT2D eigenvalue weighted by atomic mass is 19.1. The first-order chi connectivity index (χ1) is 15.1. The lowest BCUT2D eigenvalue weighted by Crippen LogP contribution is -2.31. The van der Waals surface area contributed by atoms with E-state index in [-0.39, 0.29) is 34.4 Å². The van der Waals surface area contributed by atoms with Crippen molar-refractivity contribution in [3.05, 3.63) is 0 Å². The van der Waals surface area contributed by atoms with Crippen LogP contribution in [0.4, 0.5) is 4.39 Å². The summed E-state index contributed by atoms with van der Waals surface area (Å²) in [5, 5.41) is 5.32. The third-order valence-electron chi connectivity index (χ3n) is 4.31. The van der Waals surface area contributed by atoms with E-state index in [4.69, 9.17) is 18.9 Å². The molecule has 0 aromatic heterocycles. The molecule has 0 aromatic rings. The van der Waals surface area contributed by atoms with Crippen LogP contribution in [-0.2, 0) is 28.5 Å². The first-order valence-electron chi connectivity index (χ1n) is 11.6. The monoisotopic (exact) mass is 454 g/mol. The Morgan fingerprint density at radius 1 is 0.774 bits per heavy atom. The van der Waals surface area contributed by atoms with Gasteiger partial charge in [0, 0.05) is 42.2 Å². The smallest absolute Gasteiger partial charge is 0.245 e. The molecule has 2 N–H and O–H groups in total. The number of rotatable bonds is 23. The molecule has 0 rings (SSSR count). The van der Waals surface area contributed by atoms with Gasteiger partial charge in [-0.05, 0) is 45.4 Å². The molecule has 0 fully saturated rings. The molecule has 0 aromatic carbocycles. The highest BCUT2D eigenvalue weighted by Gasteiger charge is 2.07. The first-order valence-corrected chi connectivity index (χ1v) is 11.6. The molecule has 0 heterocycles. The molecule has 188 valence electrons. The van der Waals surface area contributed by atoms with Gasteiger partial charge in [-0.2, -0.15) is 0 Å². The minimum atomic E-state index is -1.16. The highest BCUT2D eigenvalue weighted by Crippen LogP contribution is 1.99. The number of hydrogen-bond donors (Lipinski definition) is 2. The third kappa shape index (κ3) is 23.2. The van der Waals surface area contributed by atoms with Crippen LogP contribution in [0.25, 0.3) is 0 Å². The van der Waals surface area contributed by atoms with Crippen LogP contribution in [0.2, 0.25) is 0 Å². The summed E-state index contributed by atoms with van der Waals surface area (Å²) in [6.45, 7) is 8.03. The van der Waals surface area contributed by atoms with Crippen LogP contribution in [0.1, 0.15) is 61.6 Å². The Hall–Kier alpha value is -1.29. The largest absolute Gasteiger partial charge is 0.379 e. The molecule has 0 saturated heterocycles. The molecule has 1 unspecified atom stereocenters. The van der Waals surface area contributed by atoms with Gasteiger partial charge in [0.25, 0.3) is 0 Å². The molecular formula is C22H47FN2O6. The number of amides is 2. The fourth-order valence-electron chi connectivity index (χ4n) is 2.51. The maximum absolute atomic E-state index is 13.5. The maximum atomic E-state index is 13.5. The van der Waals surface area contributed by atoms with E-state index in [0.717, 1.165) is 38.5 Å². The van der Waals surface area contributed by atoms with Crippen LogP contribution in [0, 0.1) is 0 Å². The zero-order chi connectivity index (χ0) is 23.0. The number of alkyl halides is 1. The topological polar surface area (TPSA) is 95.1 Å². The average Bonchev–Trinajstić information content (AvgIpc) is 2.77. The van der Waals surface area contributed by atoms with E-state index < -0.39 is 6.17 Å². The van der Waals surface area contributed by atoms with Crippen molar-refractivity contribution in [3.63, 3.8) is 0 Å². The number of nitrogens with one attached hydrogen (secondary N) is 2. The first kappa shape index (κ1) is 29.7. The van der Waals surface area contributed by atoms with Crippen LogP contribution < -0.4 is 10.6 Å². The highest BCUT2D eigenvalue weighted by molar-refractivity contribution is 5.77.